The normalized spacial score (nSPS) is 14.4. The van der Waals surface area contributed by atoms with Gasteiger partial charge in [0.15, 0.2) is 0 Å². The second-order valence-electron chi connectivity index (χ2n) is 3.10. The average Bonchev–Trinajstić information content (AvgIpc) is 2.16. The fraction of sp³-hybridized carbons (Fsp3) is 0.222. The van der Waals surface area contributed by atoms with Gasteiger partial charge in [0.05, 0.1) is 27.5 Å². The van der Waals surface area contributed by atoms with Gasteiger partial charge in [-0.05, 0) is 12.1 Å². The first-order valence-electron chi connectivity index (χ1n) is 4.30. The van der Waals surface area contributed by atoms with Crippen molar-refractivity contribution in [2.24, 2.45) is 11.5 Å². The molecule has 0 spiro atoms. The zero-order chi connectivity index (χ0) is 12.3. The van der Waals surface area contributed by atoms with Gasteiger partial charge in [-0.15, -0.1) is 0 Å². The molecule has 4 nitrogen and oxygen atoms in total. The average molecular weight is 248 g/mol. The van der Waals surface area contributed by atoms with Crippen LogP contribution in [0.4, 0.5) is 8.78 Å². The zero-order valence-corrected chi connectivity index (χ0v) is 8.97. The van der Waals surface area contributed by atoms with Gasteiger partial charge in [0.25, 0.3) is 0 Å². The fourth-order valence-corrected chi connectivity index (χ4v) is 2.16. The Bertz CT molecular complexity index is 440. The van der Waals surface area contributed by atoms with Gasteiger partial charge >= 0.3 is 0 Å². The fourth-order valence-electron chi connectivity index (χ4n) is 0.995. The van der Waals surface area contributed by atoms with Crippen LogP contribution in [0.25, 0.3) is 0 Å². The predicted molar refractivity (Wildman–Crippen MR) is 54.8 cm³/mol. The molecule has 2 unspecified atom stereocenters. The molecule has 16 heavy (non-hydrogen) atoms. The molecule has 1 aromatic rings. The van der Waals surface area contributed by atoms with Crippen LogP contribution in [0.15, 0.2) is 23.1 Å². The number of benzene rings is 1. The Labute approximate surface area is 93.1 Å². The summed E-state index contributed by atoms with van der Waals surface area (Å²) in [4.78, 5) is 10.4. The highest BCUT2D eigenvalue weighted by Crippen LogP contribution is 2.14. The van der Waals surface area contributed by atoms with Gasteiger partial charge < -0.3 is 11.5 Å². The third kappa shape index (κ3) is 3.07. The molecular formula is C9H10F2N2O2S. The molecular weight excluding hydrogens is 238 g/mol. The van der Waals surface area contributed by atoms with Crippen LogP contribution < -0.4 is 11.5 Å². The van der Waals surface area contributed by atoms with E-state index in [9.17, 15) is 17.8 Å². The molecule has 0 aliphatic carbocycles. The van der Waals surface area contributed by atoms with Crippen molar-refractivity contribution < 1.29 is 17.8 Å². The molecule has 0 heterocycles. The molecule has 1 rings (SSSR count). The summed E-state index contributed by atoms with van der Waals surface area (Å²) >= 11 is 0. The highest BCUT2D eigenvalue weighted by molar-refractivity contribution is 7.85. The van der Waals surface area contributed by atoms with E-state index in [4.69, 9.17) is 11.5 Å². The van der Waals surface area contributed by atoms with Crippen LogP contribution >= 0.6 is 0 Å². The van der Waals surface area contributed by atoms with Crippen LogP contribution in [-0.4, -0.2) is 21.9 Å². The van der Waals surface area contributed by atoms with Gasteiger partial charge in [0, 0.05) is 6.07 Å². The van der Waals surface area contributed by atoms with Gasteiger partial charge in [-0.1, -0.05) is 0 Å². The summed E-state index contributed by atoms with van der Waals surface area (Å²) in [6.07, 6.45) is 0. The molecule has 0 saturated carbocycles. The summed E-state index contributed by atoms with van der Waals surface area (Å²) in [5.74, 6) is -2.82. The lowest BCUT2D eigenvalue weighted by Crippen LogP contribution is -2.40. The summed E-state index contributed by atoms with van der Waals surface area (Å²) in [6, 6.07) is 1.52. The second-order valence-corrected chi connectivity index (χ2v) is 4.56. The van der Waals surface area contributed by atoms with Crippen molar-refractivity contribution in [3.63, 3.8) is 0 Å². The number of amides is 1. The van der Waals surface area contributed by atoms with Gasteiger partial charge in [0.1, 0.15) is 11.6 Å². The first-order chi connectivity index (χ1) is 7.41. The van der Waals surface area contributed by atoms with E-state index in [0.29, 0.717) is 6.07 Å². The molecule has 4 N–H and O–H groups in total. The lowest BCUT2D eigenvalue weighted by atomic mass is 10.3. The Balaban J connectivity index is 2.85. The Morgan fingerprint density at radius 1 is 1.44 bits per heavy atom. The number of halogens is 2. The molecule has 7 heteroatoms. The van der Waals surface area contributed by atoms with Crippen LogP contribution in [0, 0.1) is 11.6 Å². The minimum absolute atomic E-state index is 0.196. The Morgan fingerprint density at radius 2 is 2.06 bits per heavy atom. The van der Waals surface area contributed by atoms with Crippen LogP contribution in [0.5, 0.6) is 0 Å². The largest absolute Gasteiger partial charge is 0.368 e. The third-order valence-corrected chi connectivity index (χ3v) is 3.32. The summed E-state index contributed by atoms with van der Waals surface area (Å²) in [7, 11) is -1.82. The molecule has 2 atom stereocenters. The van der Waals surface area contributed by atoms with E-state index in [1.807, 2.05) is 0 Å². The first kappa shape index (κ1) is 12.7. The number of carbonyl (C=O) groups is 1. The topological polar surface area (TPSA) is 86.2 Å². The van der Waals surface area contributed by atoms with Gasteiger partial charge in [-0.3, -0.25) is 9.00 Å². The molecule has 0 fully saturated rings. The summed E-state index contributed by atoms with van der Waals surface area (Å²) in [6.45, 7) is 0. The number of hydrogen-bond acceptors (Lipinski definition) is 3. The minimum Gasteiger partial charge on any atom is -0.368 e. The van der Waals surface area contributed by atoms with E-state index in [1.165, 1.54) is 0 Å². The van der Waals surface area contributed by atoms with Gasteiger partial charge in [-0.2, -0.15) is 0 Å². The highest BCUT2D eigenvalue weighted by Gasteiger charge is 2.17. The molecule has 1 aromatic carbocycles. The van der Waals surface area contributed by atoms with Crippen molar-refractivity contribution in [3.8, 4) is 0 Å². The highest BCUT2D eigenvalue weighted by atomic mass is 32.2. The van der Waals surface area contributed by atoms with Gasteiger partial charge in [0.2, 0.25) is 5.91 Å². The van der Waals surface area contributed by atoms with Crippen molar-refractivity contribution in [2.45, 2.75) is 10.9 Å². The van der Waals surface area contributed by atoms with Crippen LogP contribution in [0.2, 0.25) is 0 Å². The molecule has 0 aliphatic heterocycles. The van der Waals surface area contributed by atoms with E-state index in [-0.39, 0.29) is 10.6 Å². The number of rotatable bonds is 4. The lowest BCUT2D eigenvalue weighted by Gasteiger charge is -2.07. The van der Waals surface area contributed by atoms with Crippen LogP contribution in [0.1, 0.15) is 0 Å². The van der Waals surface area contributed by atoms with E-state index < -0.39 is 34.4 Å². The Hall–Kier alpha value is -1.34. The standard InChI is InChI=1S/C9H10F2N2O2S/c10-5-1-2-8(6(11)3-5)16(15)4-7(12)9(13)14/h1-3,7H,4,12H2,(H2,13,14). The molecule has 1 amide bonds. The van der Waals surface area contributed by atoms with Crippen LogP contribution in [-0.2, 0) is 15.6 Å². The third-order valence-electron chi connectivity index (χ3n) is 1.84. The van der Waals surface area contributed by atoms with Crippen molar-refractivity contribution >= 4 is 16.7 Å². The maximum atomic E-state index is 13.2. The first-order valence-corrected chi connectivity index (χ1v) is 5.62. The number of hydrogen-bond donors (Lipinski definition) is 2. The maximum absolute atomic E-state index is 13.2. The van der Waals surface area contributed by atoms with E-state index in [0.717, 1.165) is 12.1 Å². The predicted octanol–water partition coefficient (Wildman–Crippen LogP) is -0.115. The zero-order valence-electron chi connectivity index (χ0n) is 8.15. The monoisotopic (exact) mass is 248 g/mol. The smallest absolute Gasteiger partial charge is 0.235 e. The molecule has 0 bridgehead atoms. The second kappa shape index (κ2) is 5.13. The molecule has 0 saturated heterocycles. The minimum atomic E-state index is -1.82. The maximum Gasteiger partial charge on any atom is 0.235 e. The SMILES string of the molecule is NC(=O)C(N)CS(=O)c1ccc(F)cc1F. The molecule has 0 aromatic heterocycles. The van der Waals surface area contributed by atoms with E-state index in [1.54, 1.807) is 0 Å². The van der Waals surface area contributed by atoms with Crippen molar-refractivity contribution in [2.75, 3.05) is 5.75 Å². The molecule has 0 aliphatic rings. The Kier molecular flexibility index (Phi) is 4.08. The summed E-state index contributed by atoms with van der Waals surface area (Å²) in [5.41, 5.74) is 10.1. The van der Waals surface area contributed by atoms with E-state index in [2.05, 4.69) is 0 Å². The number of primary amides is 1. The lowest BCUT2D eigenvalue weighted by molar-refractivity contribution is -0.118. The van der Waals surface area contributed by atoms with Gasteiger partial charge in [-0.25, -0.2) is 8.78 Å². The molecule has 88 valence electrons. The molecule has 0 radical (unpaired) electrons. The van der Waals surface area contributed by atoms with Crippen molar-refractivity contribution in [1.82, 2.24) is 0 Å². The summed E-state index contributed by atoms with van der Waals surface area (Å²) in [5, 5.41) is 0. The van der Waals surface area contributed by atoms with E-state index >= 15 is 0 Å². The van der Waals surface area contributed by atoms with Crippen molar-refractivity contribution in [3.05, 3.63) is 29.8 Å². The summed E-state index contributed by atoms with van der Waals surface area (Å²) < 4.78 is 37.3. The van der Waals surface area contributed by atoms with Crippen molar-refractivity contribution in [1.29, 1.82) is 0 Å². The number of nitrogens with two attached hydrogens (primary N) is 2. The Morgan fingerprint density at radius 3 is 2.56 bits per heavy atom. The van der Waals surface area contributed by atoms with Crippen LogP contribution in [0.3, 0.4) is 0 Å². The quantitative estimate of drug-likeness (QED) is 0.779. The number of carbonyl (C=O) groups excluding carboxylic acids is 1.